The third kappa shape index (κ3) is 7.31. The highest BCUT2D eigenvalue weighted by Crippen LogP contribution is 2.29. The lowest BCUT2D eigenvalue weighted by molar-refractivity contribution is -0.119. The fourth-order valence-corrected chi connectivity index (χ4v) is 1.93. The average Bonchev–Trinajstić information content (AvgIpc) is 2.41. The fourth-order valence-electron chi connectivity index (χ4n) is 1.46. The van der Waals surface area contributed by atoms with E-state index in [-0.39, 0.29) is 13.2 Å². The van der Waals surface area contributed by atoms with Crippen molar-refractivity contribution in [1.82, 2.24) is 5.32 Å². The minimum atomic E-state index is -0.593. The van der Waals surface area contributed by atoms with Crippen LogP contribution in [0.1, 0.15) is 13.8 Å². The Kier molecular flexibility index (Phi) is 7.49. The van der Waals surface area contributed by atoms with Gasteiger partial charge in [-0.1, -0.05) is 13.8 Å². The van der Waals surface area contributed by atoms with Crippen LogP contribution in [0.15, 0.2) is 22.7 Å². The second-order valence-corrected chi connectivity index (χ2v) is 5.73. The molecule has 0 aliphatic heterocycles. The van der Waals surface area contributed by atoms with Crippen LogP contribution >= 0.6 is 15.9 Å². The third-order valence-electron chi connectivity index (χ3n) is 2.48. The van der Waals surface area contributed by atoms with Crippen molar-refractivity contribution in [1.29, 1.82) is 0 Å². The Morgan fingerprint density at radius 3 is 2.71 bits per heavy atom. The Hall–Kier alpha value is -1.31. The predicted octanol–water partition coefficient (Wildman–Crippen LogP) is 1.05. The van der Waals surface area contributed by atoms with Crippen molar-refractivity contribution in [2.75, 3.05) is 19.8 Å². The number of hydrogen-bond acceptors (Lipinski definition) is 5. The van der Waals surface area contributed by atoms with Crippen LogP contribution in [0, 0.1) is 0 Å². The van der Waals surface area contributed by atoms with E-state index < -0.39 is 12.0 Å². The summed E-state index contributed by atoms with van der Waals surface area (Å²) in [6, 6.07) is 5.36. The molecule has 1 amide bonds. The summed E-state index contributed by atoms with van der Waals surface area (Å²) in [5.74, 6) is 0.562. The quantitative estimate of drug-likeness (QED) is 0.611. The summed E-state index contributed by atoms with van der Waals surface area (Å²) in [6.45, 7) is 4.49. The second-order valence-electron chi connectivity index (χ2n) is 4.87. The Morgan fingerprint density at radius 1 is 1.43 bits per heavy atom. The van der Waals surface area contributed by atoms with Crippen molar-refractivity contribution < 1.29 is 19.4 Å². The summed E-state index contributed by atoms with van der Waals surface area (Å²) in [5.41, 5.74) is 5.00. The molecule has 1 unspecified atom stereocenters. The molecule has 1 aromatic carbocycles. The molecule has 118 valence electrons. The number of ether oxygens (including phenoxy) is 2. The first kappa shape index (κ1) is 17.7. The number of nitrogens with one attached hydrogen (secondary N) is 1. The SMILES string of the molecule is CC(C)NCC(O)COc1ccc(OCC(N)=O)cc1Br. The predicted molar refractivity (Wildman–Crippen MR) is 83.5 cm³/mol. The molecule has 0 aromatic heterocycles. The van der Waals surface area contributed by atoms with Gasteiger partial charge in [-0.15, -0.1) is 0 Å². The van der Waals surface area contributed by atoms with Crippen molar-refractivity contribution in [2.24, 2.45) is 5.73 Å². The van der Waals surface area contributed by atoms with Gasteiger partial charge < -0.3 is 25.6 Å². The molecule has 4 N–H and O–H groups in total. The van der Waals surface area contributed by atoms with E-state index in [2.05, 4.69) is 21.2 Å². The van der Waals surface area contributed by atoms with Gasteiger partial charge in [-0.3, -0.25) is 4.79 Å². The molecule has 0 saturated carbocycles. The van der Waals surface area contributed by atoms with E-state index >= 15 is 0 Å². The van der Waals surface area contributed by atoms with Gasteiger partial charge in [0.15, 0.2) is 6.61 Å². The number of benzene rings is 1. The second kappa shape index (κ2) is 8.86. The Labute approximate surface area is 132 Å². The standard InChI is InChI=1S/C14H21BrN2O4/c1-9(2)17-6-10(18)7-21-13-4-3-11(5-12(13)15)20-8-14(16)19/h3-5,9-10,17-18H,6-8H2,1-2H3,(H2,16,19). The highest BCUT2D eigenvalue weighted by Gasteiger charge is 2.09. The number of rotatable bonds is 9. The molecule has 0 aliphatic carbocycles. The van der Waals surface area contributed by atoms with E-state index in [0.717, 1.165) is 0 Å². The van der Waals surface area contributed by atoms with Gasteiger partial charge in [0.25, 0.3) is 5.91 Å². The number of halogens is 1. The summed E-state index contributed by atoms with van der Waals surface area (Å²) in [7, 11) is 0. The summed E-state index contributed by atoms with van der Waals surface area (Å²) < 4.78 is 11.4. The molecule has 21 heavy (non-hydrogen) atoms. The first-order chi connectivity index (χ1) is 9.88. The molecule has 0 radical (unpaired) electrons. The van der Waals surface area contributed by atoms with E-state index in [9.17, 15) is 9.90 Å². The van der Waals surface area contributed by atoms with Crippen molar-refractivity contribution in [3.8, 4) is 11.5 Å². The zero-order valence-electron chi connectivity index (χ0n) is 12.1. The first-order valence-electron chi connectivity index (χ1n) is 6.63. The minimum Gasteiger partial charge on any atom is -0.490 e. The lowest BCUT2D eigenvalue weighted by Crippen LogP contribution is -2.35. The monoisotopic (exact) mass is 360 g/mol. The van der Waals surface area contributed by atoms with Gasteiger partial charge in [-0.05, 0) is 34.1 Å². The molecular weight excluding hydrogens is 340 g/mol. The maximum atomic E-state index is 10.6. The molecule has 0 fully saturated rings. The highest BCUT2D eigenvalue weighted by atomic mass is 79.9. The number of carbonyl (C=O) groups is 1. The molecular formula is C14H21BrN2O4. The first-order valence-corrected chi connectivity index (χ1v) is 7.42. The molecule has 7 heteroatoms. The zero-order valence-corrected chi connectivity index (χ0v) is 13.7. The van der Waals surface area contributed by atoms with Gasteiger partial charge >= 0.3 is 0 Å². The van der Waals surface area contributed by atoms with Crippen molar-refractivity contribution in [2.45, 2.75) is 26.0 Å². The molecule has 1 rings (SSSR count). The Morgan fingerprint density at radius 2 is 2.14 bits per heavy atom. The van der Waals surface area contributed by atoms with Crippen LogP contribution in [-0.4, -0.2) is 42.9 Å². The molecule has 0 bridgehead atoms. The lowest BCUT2D eigenvalue weighted by Gasteiger charge is -2.16. The Bertz CT molecular complexity index is 468. The molecule has 1 atom stereocenters. The number of carbonyl (C=O) groups excluding carboxylic acids is 1. The highest BCUT2D eigenvalue weighted by molar-refractivity contribution is 9.10. The van der Waals surface area contributed by atoms with E-state index in [1.165, 1.54) is 0 Å². The summed E-state index contributed by atoms with van der Waals surface area (Å²) in [6.07, 6.45) is -0.593. The normalized spacial score (nSPS) is 12.2. The van der Waals surface area contributed by atoms with Gasteiger partial charge in [-0.25, -0.2) is 0 Å². The van der Waals surface area contributed by atoms with Crippen LogP contribution in [0.5, 0.6) is 11.5 Å². The number of aliphatic hydroxyl groups is 1. The van der Waals surface area contributed by atoms with Crippen molar-refractivity contribution in [3.63, 3.8) is 0 Å². The van der Waals surface area contributed by atoms with E-state index in [1.54, 1.807) is 18.2 Å². The van der Waals surface area contributed by atoms with Crippen LogP contribution in [0.3, 0.4) is 0 Å². The zero-order chi connectivity index (χ0) is 15.8. The average molecular weight is 361 g/mol. The number of hydrogen-bond donors (Lipinski definition) is 3. The number of nitrogens with two attached hydrogens (primary N) is 1. The van der Waals surface area contributed by atoms with Crippen LogP contribution in [0.2, 0.25) is 0 Å². The maximum absolute atomic E-state index is 10.6. The van der Waals surface area contributed by atoms with Gasteiger partial charge in [0.1, 0.15) is 24.2 Å². The van der Waals surface area contributed by atoms with Crippen LogP contribution < -0.4 is 20.5 Å². The van der Waals surface area contributed by atoms with Crippen LogP contribution in [-0.2, 0) is 4.79 Å². The van der Waals surface area contributed by atoms with Gasteiger partial charge in [0, 0.05) is 12.6 Å². The van der Waals surface area contributed by atoms with Crippen molar-refractivity contribution in [3.05, 3.63) is 22.7 Å². The Balaban J connectivity index is 2.47. The van der Waals surface area contributed by atoms with E-state index in [4.69, 9.17) is 15.2 Å². The molecule has 0 saturated heterocycles. The maximum Gasteiger partial charge on any atom is 0.255 e. The third-order valence-corrected chi connectivity index (χ3v) is 3.10. The number of primary amides is 1. The van der Waals surface area contributed by atoms with Gasteiger partial charge in [0.2, 0.25) is 0 Å². The van der Waals surface area contributed by atoms with Gasteiger partial charge in [-0.2, -0.15) is 0 Å². The number of amides is 1. The number of aliphatic hydroxyl groups excluding tert-OH is 1. The molecule has 0 aliphatic rings. The van der Waals surface area contributed by atoms with E-state index in [0.29, 0.717) is 28.6 Å². The van der Waals surface area contributed by atoms with Crippen molar-refractivity contribution >= 4 is 21.8 Å². The fraction of sp³-hybridized carbons (Fsp3) is 0.500. The largest absolute Gasteiger partial charge is 0.490 e. The van der Waals surface area contributed by atoms with E-state index in [1.807, 2.05) is 13.8 Å². The summed E-state index contributed by atoms with van der Waals surface area (Å²) in [5, 5.41) is 12.9. The van der Waals surface area contributed by atoms with Gasteiger partial charge in [0.05, 0.1) is 4.47 Å². The smallest absolute Gasteiger partial charge is 0.255 e. The summed E-state index contributed by atoms with van der Waals surface area (Å²) in [4.78, 5) is 10.6. The molecule has 6 nitrogen and oxygen atoms in total. The van der Waals surface area contributed by atoms with Crippen LogP contribution in [0.4, 0.5) is 0 Å². The summed E-state index contributed by atoms with van der Waals surface area (Å²) >= 11 is 3.35. The molecule has 1 aromatic rings. The topological polar surface area (TPSA) is 93.8 Å². The minimum absolute atomic E-state index is 0.174. The van der Waals surface area contributed by atoms with Crippen LogP contribution in [0.25, 0.3) is 0 Å². The lowest BCUT2D eigenvalue weighted by atomic mass is 10.3. The molecule has 0 heterocycles. The molecule has 0 spiro atoms.